The van der Waals surface area contributed by atoms with E-state index >= 15 is 0 Å². The van der Waals surface area contributed by atoms with Crippen molar-refractivity contribution in [3.05, 3.63) is 42.3 Å². The Kier molecular flexibility index (Phi) is 2.64. The summed E-state index contributed by atoms with van der Waals surface area (Å²) in [6.45, 7) is 5.58. The number of rotatable bonds is 2. The van der Waals surface area contributed by atoms with Gasteiger partial charge in [-0.1, -0.05) is 31.2 Å². The molecule has 0 aliphatic rings. The molecule has 1 aromatic carbocycles. The Balaban J connectivity index is 2.93. The van der Waals surface area contributed by atoms with Gasteiger partial charge in [-0.25, -0.2) is 4.39 Å². The van der Waals surface area contributed by atoms with Crippen LogP contribution in [-0.2, 0) is 0 Å². The predicted octanol–water partition coefficient (Wildman–Crippen LogP) is 3.29. The van der Waals surface area contributed by atoms with E-state index in [0.29, 0.717) is 6.42 Å². The summed E-state index contributed by atoms with van der Waals surface area (Å²) >= 11 is 0. The molecule has 1 atom stereocenters. The SMILES string of the molecule is [CH2]c1ccccc1C(F)CC. The van der Waals surface area contributed by atoms with Gasteiger partial charge in [0.1, 0.15) is 6.17 Å². The van der Waals surface area contributed by atoms with E-state index in [1.807, 2.05) is 25.1 Å². The summed E-state index contributed by atoms with van der Waals surface area (Å²) in [4.78, 5) is 0. The zero-order chi connectivity index (χ0) is 8.27. The Labute approximate surface area is 67.1 Å². The molecule has 0 aromatic heterocycles. The number of hydrogen-bond donors (Lipinski definition) is 0. The van der Waals surface area contributed by atoms with Crippen molar-refractivity contribution in [2.75, 3.05) is 0 Å². The third-order valence-corrected chi connectivity index (χ3v) is 1.75. The topological polar surface area (TPSA) is 0 Å². The van der Waals surface area contributed by atoms with Crippen LogP contribution in [0.2, 0.25) is 0 Å². The monoisotopic (exact) mass is 151 g/mol. The molecule has 0 heterocycles. The molecule has 0 aliphatic carbocycles. The molecule has 0 nitrogen and oxygen atoms in total. The van der Waals surface area contributed by atoms with Gasteiger partial charge in [-0.3, -0.25) is 0 Å². The van der Waals surface area contributed by atoms with E-state index in [9.17, 15) is 4.39 Å². The van der Waals surface area contributed by atoms with Crippen LogP contribution in [0.4, 0.5) is 4.39 Å². The van der Waals surface area contributed by atoms with E-state index in [1.165, 1.54) is 0 Å². The van der Waals surface area contributed by atoms with Crippen molar-refractivity contribution in [1.82, 2.24) is 0 Å². The first-order valence-corrected chi connectivity index (χ1v) is 3.80. The standard InChI is InChI=1S/C10H12F/c1-3-10(11)9-7-5-4-6-8(9)2/h4-7,10H,2-3H2,1H3. The highest BCUT2D eigenvalue weighted by Gasteiger charge is 2.07. The molecule has 0 spiro atoms. The second kappa shape index (κ2) is 3.51. The third kappa shape index (κ3) is 1.79. The van der Waals surface area contributed by atoms with E-state index in [2.05, 4.69) is 6.92 Å². The first kappa shape index (κ1) is 8.25. The number of halogens is 1. The molecule has 0 saturated heterocycles. The summed E-state index contributed by atoms with van der Waals surface area (Å²) in [6, 6.07) is 7.33. The average Bonchev–Trinajstić information content (AvgIpc) is 2.04. The lowest BCUT2D eigenvalue weighted by Gasteiger charge is -2.07. The highest BCUT2D eigenvalue weighted by Crippen LogP contribution is 2.23. The minimum atomic E-state index is -0.858. The fourth-order valence-electron chi connectivity index (χ4n) is 1.06. The molecule has 0 bridgehead atoms. The largest absolute Gasteiger partial charge is 0.242 e. The minimum absolute atomic E-state index is 0.520. The summed E-state index contributed by atoms with van der Waals surface area (Å²) in [5.41, 5.74) is 1.51. The van der Waals surface area contributed by atoms with Gasteiger partial charge in [0.05, 0.1) is 0 Å². The third-order valence-electron chi connectivity index (χ3n) is 1.75. The lowest BCUT2D eigenvalue weighted by molar-refractivity contribution is 0.334. The number of benzene rings is 1. The molecular weight excluding hydrogens is 139 g/mol. The van der Waals surface area contributed by atoms with Gasteiger partial charge in [0.15, 0.2) is 0 Å². The zero-order valence-corrected chi connectivity index (χ0v) is 6.68. The summed E-state index contributed by atoms with van der Waals surface area (Å²) in [5.74, 6) is 0. The van der Waals surface area contributed by atoms with E-state index in [0.717, 1.165) is 11.1 Å². The van der Waals surface area contributed by atoms with Gasteiger partial charge in [0.2, 0.25) is 0 Å². The fourth-order valence-corrected chi connectivity index (χ4v) is 1.06. The van der Waals surface area contributed by atoms with Crippen molar-refractivity contribution < 1.29 is 4.39 Å². The van der Waals surface area contributed by atoms with Crippen LogP contribution in [0.25, 0.3) is 0 Å². The molecule has 0 aliphatic heterocycles. The predicted molar refractivity (Wildman–Crippen MR) is 45.0 cm³/mol. The molecule has 11 heavy (non-hydrogen) atoms. The highest BCUT2D eigenvalue weighted by molar-refractivity contribution is 5.30. The first-order chi connectivity index (χ1) is 5.25. The van der Waals surface area contributed by atoms with Crippen LogP contribution < -0.4 is 0 Å². The second-order valence-corrected chi connectivity index (χ2v) is 2.57. The Hall–Kier alpha value is -0.850. The Bertz CT molecular complexity index is 230. The Morgan fingerprint density at radius 2 is 2.09 bits per heavy atom. The van der Waals surface area contributed by atoms with Crippen LogP contribution in [0.1, 0.15) is 30.6 Å². The van der Waals surface area contributed by atoms with Crippen LogP contribution in [0, 0.1) is 6.92 Å². The lowest BCUT2D eigenvalue weighted by Crippen LogP contribution is -1.92. The van der Waals surface area contributed by atoms with Gasteiger partial charge in [-0.2, -0.15) is 0 Å². The average molecular weight is 151 g/mol. The van der Waals surface area contributed by atoms with Crippen LogP contribution in [-0.4, -0.2) is 0 Å². The zero-order valence-electron chi connectivity index (χ0n) is 6.68. The van der Waals surface area contributed by atoms with Crippen LogP contribution in [0.15, 0.2) is 24.3 Å². The second-order valence-electron chi connectivity index (χ2n) is 2.57. The molecule has 1 heteroatoms. The molecule has 0 amide bonds. The van der Waals surface area contributed by atoms with Crippen molar-refractivity contribution in [1.29, 1.82) is 0 Å². The van der Waals surface area contributed by atoms with Gasteiger partial charge >= 0.3 is 0 Å². The minimum Gasteiger partial charge on any atom is -0.242 e. The van der Waals surface area contributed by atoms with Crippen molar-refractivity contribution in [3.8, 4) is 0 Å². The van der Waals surface area contributed by atoms with Crippen molar-refractivity contribution in [2.45, 2.75) is 19.5 Å². The van der Waals surface area contributed by atoms with Crippen LogP contribution in [0.3, 0.4) is 0 Å². The molecular formula is C10H12F. The van der Waals surface area contributed by atoms with Gasteiger partial charge in [0, 0.05) is 0 Å². The van der Waals surface area contributed by atoms with Crippen molar-refractivity contribution >= 4 is 0 Å². The maximum atomic E-state index is 13.1. The van der Waals surface area contributed by atoms with Crippen molar-refractivity contribution in [3.63, 3.8) is 0 Å². The van der Waals surface area contributed by atoms with E-state index in [-0.39, 0.29) is 0 Å². The Morgan fingerprint density at radius 1 is 1.45 bits per heavy atom. The highest BCUT2D eigenvalue weighted by atomic mass is 19.1. The molecule has 1 aromatic rings. The lowest BCUT2D eigenvalue weighted by atomic mass is 10.0. The number of alkyl halides is 1. The maximum absolute atomic E-state index is 13.1. The smallest absolute Gasteiger partial charge is 0.125 e. The van der Waals surface area contributed by atoms with Gasteiger partial charge < -0.3 is 0 Å². The molecule has 0 N–H and O–H groups in total. The number of hydrogen-bond acceptors (Lipinski definition) is 0. The molecule has 0 saturated carbocycles. The first-order valence-electron chi connectivity index (χ1n) is 3.80. The van der Waals surface area contributed by atoms with E-state index in [4.69, 9.17) is 0 Å². The van der Waals surface area contributed by atoms with Crippen LogP contribution >= 0.6 is 0 Å². The molecule has 59 valence electrons. The van der Waals surface area contributed by atoms with Gasteiger partial charge in [-0.05, 0) is 24.5 Å². The summed E-state index contributed by atoms with van der Waals surface area (Å²) < 4.78 is 13.1. The molecule has 1 radical (unpaired) electrons. The van der Waals surface area contributed by atoms with E-state index < -0.39 is 6.17 Å². The van der Waals surface area contributed by atoms with Gasteiger partial charge in [0.25, 0.3) is 0 Å². The quantitative estimate of drug-likeness (QED) is 0.608. The fraction of sp³-hybridized carbons (Fsp3) is 0.300. The van der Waals surface area contributed by atoms with Crippen molar-refractivity contribution in [2.24, 2.45) is 0 Å². The maximum Gasteiger partial charge on any atom is 0.125 e. The Morgan fingerprint density at radius 3 is 2.64 bits per heavy atom. The molecule has 1 unspecified atom stereocenters. The summed E-state index contributed by atoms with van der Waals surface area (Å²) in [5, 5.41) is 0. The summed E-state index contributed by atoms with van der Waals surface area (Å²) in [7, 11) is 0. The van der Waals surface area contributed by atoms with E-state index in [1.54, 1.807) is 6.07 Å². The molecule has 1 rings (SSSR count). The normalized spacial score (nSPS) is 13.0. The van der Waals surface area contributed by atoms with Crippen LogP contribution in [0.5, 0.6) is 0 Å². The van der Waals surface area contributed by atoms with Gasteiger partial charge in [-0.15, -0.1) is 0 Å². The molecule has 0 fully saturated rings. The summed E-state index contributed by atoms with van der Waals surface area (Å²) in [6.07, 6.45) is -0.337.